The second-order valence-corrected chi connectivity index (χ2v) is 4.87. The van der Waals surface area contributed by atoms with Crippen molar-refractivity contribution in [3.05, 3.63) is 28.5 Å². The lowest BCUT2D eigenvalue weighted by atomic mass is 10.1. The van der Waals surface area contributed by atoms with Crippen LogP contribution in [0.25, 0.3) is 0 Å². The predicted molar refractivity (Wildman–Crippen MR) is 72.4 cm³/mol. The smallest absolute Gasteiger partial charge is 0.303 e. The fraction of sp³-hybridized carbons (Fsp3) is 0.462. The normalized spacial score (nSPS) is 11.9. The van der Waals surface area contributed by atoms with Gasteiger partial charge in [-0.2, -0.15) is 0 Å². The molecule has 1 unspecified atom stereocenters. The van der Waals surface area contributed by atoms with Crippen molar-refractivity contribution in [3.8, 4) is 0 Å². The van der Waals surface area contributed by atoms with Crippen molar-refractivity contribution in [2.75, 3.05) is 0 Å². The van der Waals surface area contributed by atoms with E-state index < -0.39 is 5.97 Å². The van der Waals surface area contributed by atoms with Gasteiger partial charge in [-0.1, -0.05) is 11.6 Å². The predicted octanol–water partition coefficient (Wildman–Crippen LogP) is 2.42. The molecule has 0 spiro atoms. The molecule has 1 heterocycles. The number of carbonyl (C=O) groups excluding carboxylic acids is 1. The summed E-state index contributed by atoms with van der Waals surface area (Å²) in [5, 5.41) is 11.6. The molecule has 1 amide bonds. The zero-order valence-corrected chi connectivity index (χ0v) is 11.7. The van der Waals surface area contributed by atoms with Gasteiger partial charge in [-0.25, -0.2) is 4.98 Å². The van der Waals surface area contributed by atoms with Crippen molar-refractivity contribution in [1.29, 1.82) is 0 Å². The van der Waals surface area contributed by atoms with Gasteiger partial charge in [-0.15, -0.1) is 0 Å². The van der Waals surface area contributed by atoms with Crippen LogP contribution in [-0.2, 0) is 4.79 Å². The van der Waals surface area contributed by atoms with Crippen LogP contribution in [0.1, 0.15) is 42.2 Å². The molecule has 0 fully saturated rings. The fourth-order valence-corrected chi connectivity index (χ4v) is 1.95. The van der Waals surface area contributed by atoms with E-state index >= 15 is 0 Å². The number of aliphatic carboxylic acids is 1. The van der Waals surface area contributed by atoms with Crippen molar-refractivity contribution in [1.82, 2.24) is 10.3 Å². The Kier molecular flexibility index (Phi) is 5.76. The van der Waals surface area contributed by atoms with Gasteiger partial charge in [0.1, 0.15) is 5.15 Å². The Bertz CT molecular complexity index is 457. The van der Waals surface area contributed by atoms with Crippen LogP contribution in [0.15, 0.2) is 12.1 Å². The van der Waals surface area contributed by atoms with Crippen molar-refractivity contribution in [2.24, 2.45) is 0 Å². The fourth-order valence-electron chi connectivity index (χ4n) is 1.70. The molecule has 0 bridgehead atoms. The van der Waals surface area contributed by atoms with E-state index in [0.29, 0.717) is 24.1 Å². The maximum Gasteiger partial charge on any atom is 0.303 e. The number of rotatable bonds is 6. The lowest BCUT2D eigenvalue weighted by Crippen LogP contribution is -2.32. The summed E-state index contributed by atoms with van der Waals surface area (Å²) < 4.78 is 0. The molecule has 1 atom stereocenters. The van der Waals surface area contributed by atoms with E-state index in [1.165, 1.54) is 6.07 Å². The number of aromatic nitrogens is 1. The molecular formula is C13H17ClN2O3. The van der Waals surface area contributed by atoms with Crippen LogP contribution in [0.4, 0.5) is 0 Å². The number of amides is 1. The average Bonchev–Trinajstić information content (AvgIpc) is 2.26. The van der Waals surface area contributed by atoms with Crippen LogP contribution in [0, 0.1) is 6.92 Å². The van der Waals surface area contributed by atoms with Crippen molar-refractivity contribution >= 4 is 23.5 Å². The van der Waals surface area contributed by atoms with Gasteiger partial charge in [0.2, 0.25) is 0 Å². The standard InChI is InChI=1S/C13H17ClN2O3/c1-8(4-3-5-12(17)18)16-13(19)10-6-9(2)15-11(14)7-10/h6-8H,3-5H2,1-2H3,(H,16,19)(H,17,18). The molecule has 104 valence electrons. The van der Waals surface area contributed by atoms with E-state index in [1.807, 2.05) is 6.92 Å². The van der Waals surface area contributed by atoms with Gasteiger partial charge in [0.15, 0.2) is 0 Å². The summed E-state index contributed by atoms with van der Waals surface area (Å²) in [7, 11) is 0. The number of hydrogen-bond donors (Lipinski definition) is 2. The maximum atomic E-state index is 11.9. The van der Waals surface area contributed by atoms with Gasteiger partial charge in [0, 0.05) is 23.7 Å². The number of halogens is 1. The highest BCUT2D eigenvalue weighted by Crippen LogP contribution is 2.11. The Hall–Kier alpha value is -1.62. The van der Waals surface area contributed by atoms with Crippen molar-refractivity contribution < 1.29 is 14.7 Å². The third-order valence-corrected chi connectivity index (χ3v) is 2.78. The zero-order chi connectivity index (χ0) is 14.4. The van der Waals surface area contributed by atoms with Gasteiger partial charge in [0.25, 0.3) is 5.91 Å². The quantitative estimate of drug-likeness (QED) is 0.786. The molecule has 2 N–H and O–H groups in total. The van der Waals surface area contributed by atoms with E-state index in [4.69, 9.17) is 16.7 Å². The number of nitrogens with one attached hydrogen (secondary N) is 1. The number of aryl methyl sites for hydroxylation is 1. The van der Waals surface area contributed by atoms with E-state index in [2.05, 4.69) is 10.3 Å². The Balaban J connectivity index is 2.51. The van der Waals surface area contributed by atoms with Crippen LogP contribution < -0.4 is 5.32 Å². The first-order valence-electron chi connectivity index (χ1n) is 6.05. The Morgan fingerprint density at radius 2 is 2.16 bits per heavy atom. The molecule has 19 heavy (non-hydrogen) atoms. The first-order valence-corrected chi connectivity index (χ1v) is 6.43. The summed E-state index contributed by atoms with van der Waals surface area (Å²) in [6, 6.07) is 3.08. The number of nitrogens with zero attached hydrogens (tertiary/aromatic N) is 1. The molecule has 0 saturated heterocycles. The summed E-state index contributed by atoms with van der Waals surface area (Å²) in [5.41, 5.74) is 1.14. The van der Waals surface area contributed by atoms with E-state index in [9.17, 15) is 9.59 Å². The minimum absolute atomic E-state index is 0.0842. The number of hydrogen-bond acceptors (Lipinski definition) is 3. The summed E-state index contributed by atoms with van der Waals surface area (Å²) in [6.07, 6.45) is 1.27. The van der Waals surface area contributed by atoms with Crippen LogP contribution >= 0.6 is 11.6 Å². The van der Waals surface area contributed by atoms with Crippen molar-refractivity contribution in [2.45, 2.75) is 39.2 Å². The van der Waals surface area contributed by atoms with Gasteiger partial charge in [-0.05, 0) is 38.8 Å². The first-order chi connectivity index (χ1) is 8.88. The molecule has 0 aliphatic rings. The van der Waals surface area contributed by atoms with E-state index in [0.717, 1.165) is 0 Å². The van der Waals surface area contributed by atoms with E-state index in [-0.39, 0.29) is 23.5 Å². The van der Waals surface area contributed by atoms with E-state index in [1.54, 1.807) is 13.0 Å². The molecule has 0 aliphatic carbocycles. The molecule has 1 aromatic rings. The molecule has 0 aliphatic heterocycles. The summed E-state index contributed by atoms with van der Waals surface area (Å²) in [6.45, 7) is 3.61. The Morgan fingerprint density at radius 1 is 1.47 bits per heavy atom. The third-order valence-electron chi connectivity index (χ3n) is 2.59. The first kappa shape index (κ1) is 15.4. The lowest BCUT2D eigenvalue weighted by Gasteiger charge is -2.13. The lowest BCUT2D eigenvalue weighted by molar-refractivity contribution is -0.137. The summed E-state index contributed by atoms with van der Waals surface area (Å²) in [5.74, 6) is -1.05. The average molecular weight is 285 g/mol. The van der Waals surface area contributed by atoms with Crippen LogP contribution in [0.5, 0.6) is 0 Å². The molecule has 5 nitrogen and oxygen atoms in total. The maximum absolute atomic E-state index is 11.9. The molecule has 6 heteroatoms. The molecule has 1 aromatic heterocycles. The highest BCUT2D eigenvalue weighted by atomic mass is 35.5. The third kappa shape index (κ3) is 5.70. The Morgan fingerprint density at radius 3 is 2.74 bits per heavy atom. The molecule has 0 aromatic carbocycles. The number of carbonyl (C=O) groups is 2. The topological polar surface area (TPSA) is 79.3 Å². The van der Waals surface area contributed by atoms with Gasteiger partial charge < -0.3 is 10.4 Å². The highest BCUT2D eigenvalue weighted by Gasteiger charge is 2.11. The largest absolute Gasteiger partial charge is 0.481 e. The molecule has 0 radical (unpaired) electrons. The number of carboxylic acid groups (broad SMARTS) is 1. The minimum atomic E-state index is -0.824. The van der Waals surface area contributed by atoms with Gasteiger partial charge in [-0.3, -0.25) is 9.59 Å². The van der Waals surface area contributed by atoms with Crippen molar-refractivity contribution in [3.63, 3.8) is 0 Å². The summed E-state index contributed by atoms with van der Waals surface area (Å²) in [4.78, 5) is 26.3. The SMILES string of the molecule is Cc1cc(C(=O)NC(C)CCCC(=O)O)cc(Cl)n1. The summed E-state index contributed by atoms with van der Waals surface area (Å²) >= 11 is 5.79. The zero-order valence-electron chi connectivity index (χ0n) is 10.9. The second kappa shape index (κ2) is 7.09. The molecular weight excluding hydrogens is 268 g/mol. The van der Waals surface area contributed by atoms with Crippen LogP contribution in [-0.4, -0.2) is 28.0 Å². The van der Waals surface area contributed by atoms with Gasteiger partial charge in [0.05, 0.1) is 0 Å². The Labute approximate surface area is 117 Å². The highest BCUT2D eigenvalue weighted by molar-refractivity contribution is 6.29. The molecule has 0 saturated carbocycles. The van der Waals surface area contributed by atoms with Crippen LogP contribution in [0.3, 0.4) is 0 Å². The number of carboxylic acids is 1. The van der Waals surface area contributed by atoms with Gasteiger partial charge >= 0.3 is 5.97 Å². The number of pyridine rings is 1. The monoisotopic (exact) mass is 284 g/mol. The second-order valence-electron chi connectivity index (χ2n) is 4.48. The molecule has 1 rings (SSSR count). The van der Waals surface area contributed by atoms with Crippen LogP contribution in [0.2, 0.25) is 5.15 Å². The minimum Gasteiger partial charge on any atom is -0.481 e.